The number of hydrogen-bond acceptors (Lipinski definition) is 4. The summed E-state index contributed by atoms with van der Waals surface area (Å²) in [5, 5.41) is 1.61. The molecule has 5 heteroatoms. The number of benzene rings is 1. The third-order valence-corrected chi connectivity index (χ3v) is 8.14. The van der Waals surface area contributed by atoms with Crippen LogP contribution in [0.2, 0.25) is 0 Å². The molecule has 2 aromatic rings. The van der Waals surface area contributed by atoms with Crippen molar-refractivity contribution in [3.05, 3.63) is 29.6 Å². The van der Waals surface area contributed by atoms with E-state index in [2.05, 4.69) is 49.6 Å². The van der Waals surface area contributed by atoms with Gasteiger partial charge in [-0.1, -0.05) is 43.6 Å². The number of aromatic nitrogens is 2. The first-order chi connectivity index (χ1) is 12.3. The van der Waals surface area contributed by atoms with Gasteiger partial charge in [0.25, 0.3) is 0 Å². The Bertz CT molecular complexity index is 737. The summed E-state index contributed by atoms with van der Waals surface area (Å²) in [5.41, 5.74) is 5.85. The molecule has 2 aliphatic rings. The topological polar surface area (TPSA) is 25.8 Å². The van der Waals surface area contributed by atoms with Crippen molar-refractivity contribution in [3.63, 3.8) is 0 Å². The molecule has 1 fully saturated rings. The minimum absolute atomic E-state index is 0.802. The number of nitrogens with zero attached hydrogens (tertiary/aromatic N) is 2. The molecule has 4 rings (SSSR count). The summed E-state index contributed by atoms with van der Waals surface area (Å²) in [5.74, 6) is 2.06. The van der Waals surface area contributed by atoms with Crippen molar-refractivity contribution in [2.45, 2.75) is 73.4 Å². The van der Waals surface area contributed by atoms with Crippen molar-refractivity contribution in [3.8, 4) is 0 Å². The number of fused-ring (bicyclic) bond motifs is 4. The third-order valence-electron chi connectivity index (χ3n) is 5.46. The first-order valence-corrected chi connectivity index (χ1v) is 11.9. The van der Waals surface area contributed by atoms with E-state index in [1.165, 1.54) is 68.2 Å². The summed E-state index contributed by atoms with van der Waals surface area (Å²) < 4.78 is 0. The molecular weight excluding hydrogens is 343 g/mol. The van der Waals surface area contributed by atoms with Crippen molar-refractivity contribution in [2.75, 3.05) is 0 Å². The maximum absolute atomic E-state index is 5.02. The average molecular weight is 370 g/mol. The first-order valence-electron chi connectivity index (χ1n) is 9.77. The molecule has 0 amide bonds. The molecule has 1 aliphatic heterocycles. The van der Waals surface area contributed by atoms with Crippen LogP contribution in [0.4, 0.5) is 0 Å². The fourth-order valence-corrected chi connectivity index (χ4v) is 6.74. The highest BCUT2D eigenvalue weighted by atomic mass is 32.2. The molecule has 1 saturated carbocycles. The van der Waals surface area contributed by atoms with Gasteiger partial charge in [-0.25, -0.2) is 9.97 Å². The van der Waals surface area contributed by atoms with Crippen LogP contribution in [-0.4, -0.2) is 28.3 Å². The van der Waals surface area contributed by atoms with E-state index in [1.54, 1.807) is 0 Å². The minimum atomic E-state index is 0.802. The molecule has 2 bridgehead atoms. The molecule has 0 N–H and O–H groups in total. The van der Waals surface area contributed by atoms with Gasteiger partial charge in [0.1, 0.15) is 7.85 Å². The van der Waals surface area contributed by atoms with Gasteiger partial charge in [-0.3, -0.25) is 0 Å². The molecule has 2 atom stereocenters. The number of thioether (sulfide) groups is 2. The van der Waals surface area contributed by atoms with Gasteiger partial charge < -0.3 is 0 Å². The minimum Gasteiger partial charge on any atom is -0.248 e. The van der Waals surface area contributed by atoms with E-state index < -0.39 is 0 Å². The molecule has 132 valence electrons. The van der Waals surface area contributed by atoms with Gasteiger partial charge in [0, 0.05) is 22.0 Å². The summed E-state index contributed by atoms with van der Waals surface area (Å²) in [6.07, 6.45) is 11.2. The van der Waals surface area contributed by atoms with Crippen molar-refractivity contribution < 1.29 is 0 Å². The predicted octanol–water partition coefficient (Wildman–Crippen LogP) is 4.24. The highest BCUT2D eigenvalue weighted by Gasteiger charge is 2.23. The summed E-state index contributed by atoms with van der Waals surface area (Å²) in [7, 11) is 2.13. The van der Waals surface area contributed by atoms with E-state index in [9.17, 15) is 0 Å². The van der Waals surface area contributed by atoms with Crippen LogP contribution in [-0.2, 0) is 11.5 Å². The fraction of sp³-hybridized carbons (Fsp3) is 0.600. The molecular formula is C20H27BN2S2. The van der Waals surface area contributed by atoms with Gasteiger partial charge in [-0.2, -0.15) is 23.5 Å². The monoisotopic (exact) mass is 370 g/mol. The smallest absolute Gasteiger partial charge is 0.139 e. The molecule has 2 nitrogen and oxygen atoms in total. The number of rotatable bonds is 0. The van der Waals surface area contributed by atoms with Crippen molar-refractivity contribution in [1.29, 1.82) is 0 Å². The van der Waals surface area contributed by atoms with E-state index in [-0.39, 0.29) is 0 Å². The van der Waals surface area contributed by atoms with Crippen molar-refractivity contribution in [2.24, 2.45) is 0 Å². The summed E-state index contributed by atoms with van der Waals surface area (Å²) in [4.78, 5) is 10.0. The second-order valence-electron chi connectivity index (χ2n) is 7.56. The van der Waals surface area contributed by atoms with E-state index in [0.29, 0.717) is 0 Å². The normalized spacial score (nSPS) is 25.4. The van der Waals surface area contributed by atoms with E-state index in [1.807, 2.05) is 0 Å². The van der Waals surface area contributed by atoms with Gasteiger partial charge in [-0.05, 0) is 31.4 Å². The van der Waals surface area contributed by atoms with Crippen LogP contribution in [0.15, 0.2) is 18.2 Å². The van der Waals surface area contributed by atoms with Gasteiger partial charge in [0.2, 0.25) is 0 Å². The second-order valence-corrected chi connectivity index (χ2v) is 10.1. The first kappa shape index (κ1) is 17.7. The molecule has 1 aliphatic carbocycles. The lowest BCUT2D eigenvalue weighted by Gasteiger charge is -2.23. The third kappa shape index (κ3) is 4.54. The lowest BCUT2D eigenvalue weighted by Crippen LogP contribution is -2.14. The van der Waals surface area contributed by atoms with Crippen LogP contribution in [0.3, 0.4) is 0 Å². The Morgan fingerprint density at radius 3 is 2.08 bits per heavy atom. The quantitative estimate of drug-likeness (QED) is 0.648. The van der Waals surface area contributed by atoms with Gasteiger partial charge >= 0.3 is 0 Å². The summed E-state index contributed by atoms with van der Waals surface area (Å²) >= 11 is 4.29. The van der Waals surface area contributed by atoms with Crippen LogP contribution in [0.25, 0.3) is 11.0 Å². The Morgan fingerprint density at radius 2 is 1.40 bits per heavy atom. The summed E-state index contributed by atoms with van der Waals surface area (Å²) in [6.45, 7) is 0. The standard InChI is InChI=1S/C20H27BN2S2/c21-14-8-9-17-18(10-14)23-20-13-25-16-7-5-3-1-2-4-6-15(11-16)24-12-19(20)22-17/h8-10,15-16H,1-7,11-13,21H2. The van der Waals surface area contributed by atoms with Crippen molar-refractivity contribution in [1.82, 2.24) is 9.97 Å². The summed E-state index contributed by atoms with van der Waals surface area (Å²) in [6, 6.07) is 6.45. The van der Waals surface area contributed by atoms with E-state index >= 15 is 0 Å². The van der Waals surface area contributed by atoms with Crippen molar-refractivity contribution >= 4 is 47.9 Å². The lowest BCUT2D eigenvalue weighted by molar-refractivity contribution is 0.518. The highest BCUT2D eigenvalue weighted by Crippen LogP contribution is 2.37. The van der Waals surface area contributed by atoms with Gasteiger partial charge in [0.15, 0.2) is 0 Å². The Labute approximate surface area is 160 Å². The van der Waals surface area contributed by atoms with Gasteiger partial charge in [0.05, 0.1) is 22.4 Å². The Hall–Kier alpha value is -0.675. The van der Waals surface area contributed by atoms with Crippen LogP contribution >= 0.6 is 23.5 Å². The Balaban J connectivity index is 1.63. The van der Waals surface area contributed by atoms with E-state index in [4.69, 9.17) is 9.97 Å². The predicted molar refractivity (Wildman–Crippen MR) is 115 cm³/mol. The molecule has 2 unspecified atom stereocenters. The Morgan fingerprint density at radius 1 is 0.800 bits per heavy atom. The Kier molecular flexibility index (Phi) is 5.92. The molecule has 25 heavy (non-hydrogen) atoms. The molecule has 0 spiro atoms. The van der Waals surface area contributed by atoms with Crippen LogP contribution in [0.5, 0.6) is 0 Å². The largest absolute Gasteiger partial charge is 0.248 e. The van der Waals surface area contributed by atoms with Crippen LogP contribution in [0.1, 0.15) is 62.8 Å². The van der Waals surface area contributed by atoms with E-state index in [0.717, 1.165) is 33.0 Å². The second kappa shape index (κ2) is 8.34. The fourth-order valence-electron chi connectivity index (χ4n) is 3.97. The SMILES string of the molecule is Bc1ccc2nc3c(nc2c1)CSC1CCCCCCCC(C1)SC3. The van der Waals surface area contributed by atoms with Gasteiger partial charge in [-0.15, -0.1) is 0 Å². The highest BCUT2D eigenvalue weighted by molar-refractivity contribution is 8.00. The molecule has 0 saturated heterocycles. The molecule has 1 aromatic heterocycles. The number of hydrogen-bond donors (Lipinski definition) is 0. The van der Waals surface area contributed by atoms with Crippen LogP contribution < -0.4 is 5.46 Å². The maximum atomic E-state index is 5.02. The lowest BCUT2D eigenvalue weighted by atomic mass is 9.96. The molecule has 2 heterocycles. The zero-order chi connectivity index (χ0) is 17.1. The average Bonchev–Trinajstić information content (AvgIpc) is 2.69. The molecule has 1 aromatic carbocycles. The zero-order valence-electron chi connectivity index (χ0n) is 15.2. The maximum Gasteiger partial charge on any atom is 0.139 e. The zero-order valence-corrected chi connectivity index (χ0v) is 16.8. The van der Waals surface area contributed by atoms with Crippen LogP contribution in [0, 0.1) is 0 Å². The molecule has 0 radical (unpaired) electrons.